The second-order valence-electron chi connectivity index (χ2n) is 8.17. The van der Waals surface area contributed by atoms with E-state index in [1.807, 2.05) is 31.2 Å². The average molecular weight is 603 g/mol. The second kappa shape index (κ2) is 18.3. The number of nitrogens with one attached hydrogen (secondary N) is 2. The van der Waals surface area contributed by atoms with Crippen molar-refractivity contribution in [1.82, 2.24) is 5.32 Å². The maximum absolute atomic E-state index is 12.6. The highest BCUT2D eigenvalue weighted by molar-refractivity contribution is 7.21. The third-order valence-corrected chi connectivity index (χ3v) is 5.80. The predicted molar refractivity (Wildman–Crippen MR) is 147 cm³/mol. The molecule has 0 aliphatic heterocycles. The Morgan fingerprint density at radius 3 is 1.85 bits per heavy atom. The van der Waals surface area contributed by atoms with E-state index >= 15 is 0 Å². The first-order chi connectivity index (χ1) is 18.6. The molecule has 15 heteroatoms. The van der Waals surface area contributed by atoms with Crippen LogP contribution in [0.5, 0.6) is 0 Å². The van der Waals surface area contributed by atoms with Crippen LogP contribution in [-0.4, -0.2) is 75.9 Å². The Labute approximate surface area is 238 Å². The lowest BCUT2D eigenvalue weighted by Gasteiger charge is -2.10. The van der Waals surface area contributed by atoms with Crippen molar-refractivity contribution in [2.24, 2.45) is 5.92 Å². The van der Waals surface area contributed by atoms with Crippen molar-refractivity contribution in [3.63, 3.8) is 0 Å². The number of carbonyl (C=O) groups excluding carboxylic acids is 2. The largest absolute Gasteiger partial charge is 0.473 e. The van der Waals surface area contributed by atoms with Gasteiger partial charge in [0.05, 0.1) is 13.2 Å². The Bertz CT molecular complexity index is 1150. The maximum Gasteiger partial charge on any atom is 0.414 e. The number of carbonyl (C=O) groups is 6. The predicted octanol–water partition coefficient (Wildman–Crippen LogP) is 3.44. The minimum Gasteiger partial charge on any atom is -0.473 e. The molecule has 0 unspecified atom stereocenters. The number of hydrogen-bond donors (Lipinski definition) is 6. The fourth-order valence-electron chi connectivity index (χ4n) is 2.63. The number of carboxylic acid groups (broad SMARTS) is 4. The van der Waals surface area contributed by atoms with Gasteiger partial charge < -0.3 is 35.8 Å². The van der Waals surface area contributed by atoms with Crippen molar-refractivity contribution in [3.8, 4) is 11.1 Å². The molecule has 0 aliphatic carbocycles. The number of hydrogen-bond acceptors (Lipinski definition) is 9. The third kappa shape index (κ3) is 13.7. The van der Waals surface area contributed by atoms with Gasteiger partial charge in [0.2, 0.25) is 5.91 Å². The zero-order valence-corrected chi connectivity index (χ0v) is 23.7. The number of anilines is 1. The van der Waals surface area contributed by atoms with Gasteiger partial charge in [-0.25, -0.2) is 24.0 Å². The van der Waals surface area contributed by atoms with Gasteiger partial charge in [-0.15, -0.1) is 11.3 Å². The van der Waals surface area contributed by atoms with E-state index in [0.29, 0.717) is 26.4 Å². The molecule has 2 rings (SSSR count). The van der Waals surface area contributed by atoms with Crippen LogP contribution in [0.1, 0.15) is 43.1 Å². The van der Waals surface area contributed by atoms with Crippen LogP contribution >= 0.6 is 22.9 Å². The SMILES string of the molecule is CCOC(=O)c1c(NC(=O)CNCCC(C)C)sc(Cl)c1-c1ccc(C)cc1.O=C(O)C(=O)O.O=C(O)C(=O)O. The van der Waals surface area contributed by atoms with Gasteiger partial charge in [-0.05, 0) is 38.3 Å². The summed E-state index contributed by atoms with van der Waals surface area (Å²) in [6.07, 6.45) is 0.990. The van der Waals surface area contributed by atoms with E-state index in [1.165, 1.54) is 11.3 Å². The first-order valence-electron chi connectivity index (χ1n) is 11.6. The number of aryl methyl sites for hydroxylation is 1. The van der Waals surface area contributed by atoms with Gasteiger partial charge >= 0.3 is 29.8 Å². The number of esters is 1. The van der Waals surface area contributed by atoms with E-state index < -0.39 is 29.8 Å². The van der Waals surface area contributed by atoms with Crippen LogP contribution in [0.2, 0.25) is 4.34 Å². The maximum atomic E-state index is 12.6. The molecule has 0 saturated heterocycles. The molecule has 1 aromatic heterocycles. The lowest BCUT2D eigenvalue weighted by molar-refractivity contribution is -0.159. The zero-order chi connectivity index (χ0) is 31.0. The summed E-state index contributed by atoms with van der Waals surface area (Å²) in [7, 11) is 0. The van der Waals surface area contributed by atoms with Crippen LogP contribution in [0.3, 0.4) is 0 Å². The molecule has 0 spiro atoms. The first-order valence-corrected chi connectivity index (χ1v) is 12.8. The quantitative estimate of drug-likeness (QED) is 0.138. The lowest BCUT2D eigenvalue weighted by Crippen LogP contribution is -2.29. The molecule has 0 aliphatic rings. The number of aliphatic carboxylic acids is 4. The summed E-state index contributed by atoms with van der Waals surface area (Å²) in [5.41, 5.74) is 2.81. The van der Waals surface area contributed by atoms with E-state index in [4.69, 9.17) is 55.9 Å². The van der Waals surface area contributed by atoms with Gasteiger partial charge in [-0.3, -0.25) is 4.79 Å². The minimum absolute atomic E-state index is 0.171. The summed E-state index contributed by atoms with van der Waals surface area (Å²) >= 11 is 7.63. The monoisotopic (exact) mass is 602 g/mol. The molecule has 1 heterocycles. The van der Waals surface area contributed by atoms with E-state index in [-0.39, 0.29) is 19.1 Å². The van der Waals surface area contributed by atoms with Crippen LogP contribution < -0.4 is 10.6 Å². The van der Waals surface area contributed by atoms with Crippen molar-refractivity contribution >= 4 is 63.7 Å². The topological polar surface area (TPSA) is 217 Å². The van der Waals surface area contributed by atoms with Crippen LogP contribution in [-0.2, 0) is 28.7 Å². The Morgan fingerprint density at radius 1 is 0.925 bits per heavy atom. The Hall–Kier alpha value is -4.01. The molecule has 0 radical (unpaired) electrons. The number of halogens is 1. The molecule has 0 saturated carbocycles. The summed E-state index contributed by atoms with van der Waals surface area (Å²) in [5.74, 6) is -7.44. The normalized spacial score (nSPS) is 9.85. The molecule has 1 aromatic carbocycles. The van der Waals surface area contributed by atoms with Crippen molar-refractivity contribution in [2.75, 3.05) is 25.0 Å². The average Bonchev–Trinajstić information content (AvgIpc) is 3.18. The molecular formula is C25H31ClN2O11S. The van der Waals surface area contributed by atoms with Crippen LogP contribution in [0.15, 0.2) is 24.3 Å². The summed E-state index contributed by atoms with van der Waals surface area (Å²) in [4.78, 5) is 61.3. The van der Waals surface area contributed by atoms with Crippen molar-refractivity contribution in [2.45, 2.75) is 34.1 Å². The minimum atomic E-state index is -1.82. The van der Waals surface area contributed by atoms with Crippen molar-refractivity contribution in [3.05, 3.63) is 39.7 Å². The standard InChI is InChI=1S/C21H27ClN2O3S.2C2H2O4/c1-5-27-21(26)18-17(15-8-6-14(4)7-9-15)19(22)28-20(18)24-16(25)12-23-11-10-13(2)3;2*3-1(4)2(5)6/h6-9,13,23H,5,10-12H2,1-4H3,(H,24,25);2*(H,3,4)(H,5,6). The molecule has 40 heavy (non-hydrogen) atoms. The fraction of sp³-hybridized carbons (Fsp3) is 0.360. The van der Waals surface area contributed by atoms with Gasteiger partial charge in [-0.1, -0.05) is 55.3 Å². The van der Waals surface area contributed by atoms with Gasteiger partial charge in [0.1, 0.15) is 14.9 Å². The second-order valence-corrected chi connectivity index (χ2v) is 9.79. The van der Waals surface area contributed by atoms with E-state index in [1.54, 1.807) is 6.92 Å². The zero-order valence-electron chi connectivity index (χ0n) is 22.1. The van der Waals surface area contributed by atoms with E-state index in [9.17, 15) is 9.59 Å². The Balaban J connectivity index is 0.00000106. The molecule has 0 bridgehead atoms. The van der Waals surface area contributed by atoms with Gasteiger partial charge in [0.15, 0.2) is 0 Å². The summed E-state index contributed by atoms with van der Waals surface area (Å²) in [5, 5.41) is 35.9. The molecule has 13 nitrogen and oxygen atoms in total. The number of rotatable bonds is 9. The molecule has 220 valence electrons. The molecular weight excluding hydrogens is 572 g/mol. The van der Waals surface area contributed by atoms with Crippen molar-refractivity contribution in [1.29, 1.82) is 0 Å². The van der Waals surface area contributed by atoms with Crippen LogP contribution in [0.25, 0.3) is 11.1 Å². The van der Waals surface area contributed by atoms with Crippen molar-refractivity contribution < 1.29 is 53.9 Å². The summed E-state index contributed by atoms with van der Waals surface area (Å²) in [6, 6.07) is 7.72. The highest BCUT2D eigenvalue weighted by Gasteiger charge is 2.26. The molecule has 1 amide bonds. The summed E-state index contributed by atoms with van der Waals surface area (Å²) in [6.45, 7) is 9.17. The Morgan fingerprint density at radius 2 is 1.43 bits per heavy atom. The van der Waals surface area contributed by atoms with Crippen LogP contribution in [0.4, 0.5) is 5.00 Å². The molecule has 6 N–H and O–H groups in total. The lowest BCUT2D eigenvalue weighted by atomic mass is 10.0. The van der Waals surface area contributed by atoms with Gasteiger partial charge in [-0.2, -0.15) is 0 Å². The van der Waals surface area contributed by atoms with Gasteiger partial charge in [0, 0.05) is 5.56 Å². The molecule has 2 aromatic rings. The number of benzene rings is 1. The number of ether oxygens (including phenoxy) is 1. The highest BCUT2D eigenvalue weighted by Crippen LogP contribution is 2.44. The number of carboxylic acids is 4. The highest BCUT2D eigenvalue weighted by atomic mass is 35.5. The third-order valence-electron chi connectivity index (χ3n) is 4.49. The van der Waals surface area contributed by atoms with E-state index in [0.717, 1.165) is 24.1 Å². The molecule has 0 fully saturated rings. The molecule has 0 atom stereocenters. The number of amides is 1. The van der Waals surface area contributed by atoms with Gasteiger partial charge in [0.25, 0.3) is 0 Å². The number of thiophene rings is 1. The fourth-order valence-corrected chi connectivity index (χ4v) is 4.02. The van der Waals surface area contributed by atoms with E-state index in [2.05, 4.69) is 24.5 Å². The first kappa shape index (κ1) is 36.0. The Kier molecular flexibility index (Phi) is 16.5. The smallest absolute Gasteiger partial charge is 0.414 e. The van der Waals surface area contributed by atoms with Crippen LogP contribution in [0, 0.1) is 12.8 Å². The summed E-state index contributed by atoms with van der Waals surface area (Å²) < 4.78 is 5.66.